The molecule has 4 bridgehead atoms. The van der Waals surface area contributed by atoms with Crippen LogP contribution in [0, 0.1) is 34.0 Å². The van der Waals surface area contributed by atoms with Crippen molar-refractivity contribution in [3.05, 3.63) is 11.6 Å². The third-order valence-corrected chi connectivity index (χ3v) is 8.90. The van der Waals surface area contributed by atoms with Gasteiger partial charge < -0.3 is 25.2 Å². The lowest BCUT2D eigenvalue weighted by Crippen LogP contribution is -2.84. The minimum absolute atomic E-state index is 0.0130. The van der Waals surface area contributed by atoms with Gasteiger partial charge in [0.2, 0.25) is 5.79 Å². The topological polar surface area (TPSA) is 90.2 Å². The van der Waals surface area contributed by atoms with Crippen molar-refractivity contribution in [2.45, 2.75) is 70.6 Å². The summed E-state index contributed by atoms with van der Waals surface area (Å²) in [6, 6.07) is 0. The van der Waals surface area contributed by atoms with Crippen molar-refractivity contribution in [1.82, 2.24) is 0 Å². The molecule has 0 aromatic rings. The van der Waals surface area contributed by atoms with Crippen molar-refractivity contribution >= 4 is 0 Å². The zero-order valence-corrected chi connectivity index (χ0v) is 15.3. The van der Waals surface area contributed by atoms with Crippen LogP contribution in [0.3, 0.4) is 0 Å². The van der Waals surface area contributed by atoms with Crippen LogP contribution in [0.25, 0.3) is 0 Å². The van der Waals surface area contributed by atoms with Gasteiger partial charge in [-0.2, -0.15) is 0 Å². The van der Waals surface area contributed by atoms with Crippen LogP contribution in [-0.2, 0) is 4.74 Å². The molecule has 1 unspecified atom stereocenters. The summed E-state index contributed by atoms with van der Waals surface area (Å²) in [5.41, 5.74) is -0.748. The molecule has 4 N–H and O–H groups in total. The number of aliphatic hydroxyl groups excluding tert-OH is 3. The van der Waals surface area contributed by atoms with E-state index < -0.39 is 34.9 Å². The Morgan fingerprint density at radius 2 is 1.80 bits per heavy atom. The predicted octanol–water partition coefficient (Wildman–Crippen LogP) is 1.20. The molecule has 25 heavy (non-hydrogen) atoms. The van der Waals surface area contributed by atoms with Gasteiger partial charge in [0.05, 0.1) is 24.2 Å². The fourth-order valence-corrected chi connectivity index (χ4v) is 7.96. The van der Waals surface area contributed by atoms with Crippen LogP contribution in [0.4, 0.5) is 0 Å². The van der Waals surface area contributed by atoms with Gasteiger partial charge in [0, 0.05) is 17.3 Å². The number of ether oxygens (including phenoxy) is 1. The molecule has 9 atom stereocenters. The maximum atomic E-state index is 11.6. The van der Waals surface area contributed by atoms with Crippen LogP contribution in [0.1, 0.15) is 46.5 Å². The van der Waals surface area contributed by atoms with Crippen molar-refractivity contribution in [2.75, 3.05) is 6.61 Å². The van der Waals surface area contributed by atoms with Gasteiger partial charge >= 0.3 is 0 Å². The maximum absolute atomic E-state index is 11.6. The molecule has 2 spiro atoms. The molecule has 0 radical (unpaired) electrons. The summed E-state index contributed by atoms with van der Waals surface area (Å²) in [6.07, 6.45) is 2.72. The number of hydrogen-bond donors (Lipinski definition) is 4. The average molecular weight is 350 g/mol. The predicted molar refractivity (Wildman–Crippen MR) is 90.3 cm³/mol. The molecule has 5 fully saturated rings. The van der Waals surface area contributed by atoms with Crippen molar-refractivity contribution in [3.8, 4) is 0 Å². The van der Waals surface area contributed by atoms with Crippen LogP contribution in [0.15, 0.2) is 11.6 Å². The summed E-state index contributed by atoms with van der Waals surface area (Å²) in [7, 11) is 0. The Bertz CT molecular complexity index is 658. The molecule has 2 aliphatic heterocycles. The second kappa shape index (κ2) is 4.50. The molecule has 0 aromatic heterocycles. The lowest BCUT2D eigenvalue weighted by atomic mass is 9.36. The number of rotatable bonds is 0. The van der Waals surface area contributed by atoms with Gasteiger partial charge in [-0.15, -0.1) is 0 Å². The minimum Gasteiger partial charge on any atom is -0.392 e. The highest BCUT2D eigenvalue weighted by molar-refractivity contribution is 5.38. The molecule has 2 heterocycles. The summed E-state index contributed by atoms with van der Waals surface area (Å²) in [4.78, 5) is 0. The summed E-state index contributed by atoms with van der Waals surface area (Å²) >= 11 is 0. The first-order valence-corrected chi connectivity index (χ1v) is 9.73. The lowest BCUT2D eigenvalue weighted by Gasteiger charge is -2.75. The van der Waals surface area contributed by atoms with E-state index in [4.69, 9.17) is 4.74 Å². The fraction of sp³-hybridized carbons (Fsp3) is 0.900. The Labute approximate surface area is 148 Å². The van der Waals surface area contributed by atoms with E-state index in [0.717, 1.165) is 24.8 Å². The standard InChI is InChI=1S/C20H30O5/c1-10-8-19-12(5-4-11(10)15(19)22)18-9-25-20(19,24)16(23)14(18)17(2,3)7-6-13(18)21/h8,11-16,21-24H,4-7,9H2,1-3H3/t11-,12-,13+,14+,15+,16+,18+,19+,20?/m0/s1. The van der Waals surface area contributed by atoms with Crippen LogP contribution in [-0.4, -0.2) is 51.1 Å². The summed E-state index contributed by atoms with van der Waals surface area (Å²) in [5.74, 6) is -2.09. The van der Waals surface area contributed by atoms with Crippen molar-refractivity contribution in [3.63, 3.8) is 0 Å². The van der Waals surface area contributed by atoms with Crippen molar-refractivity contribution in [2.24, 2.45) is 34.0 Å². The quantitative estimate of drug-likeness (QED) is 0.493. The van der Waals surface area contributed by atoms with E-state index in [9.17, 15) is 20.4 Å². The van der Waals surface area contributed by atoms with Gasteiger partial charge in [-0.3, -0.25) is 0 Å². The van der Waals surface area contributed by atoms with Gasteiger partial charge in [0.15, 0.2) is 0 Å². The Kier molecular flexibility index (Phi) is 3.01. The monoisotopic (exact) mass is 350 g/mol. The lowest BCUT2D eigenvalue weighted by molar-refractivity contribution is -0.460. The molecule has 0 amide bonds. The Hall–Kier alpha value is -0.460. The average Bonchev–Trinajstić information content (AvgIpc) is 2.69. The van der Waals surface area contributed by atoms with E-state index in [1.165, 1.54) is 0 Å². The molecule has 140 valence electrons. The third-order valence-electron chi connectivity index (χ3n) is 8.90. The number of hydrogen-bond acceptors (Lipinski definition) is 5. The molecule has 0 aromatic carbocycles. The van der Waals surface area contributed by atoms with Gasteiger partial charge in [-0.1, -0.05) is 25.5 Å². The van der Waals surface area contributed by atoms with Crippen LogP contribution in [0.2, 0.25) is 0 Å². The first kappa shape index (κ1) is 16.7. The van der Waals surface area contributed by atoms with E-state index in [2.05, 4.69) is 13.8 Å². The van der Waals surface area contributed by atoms with E-state index in [1.54, 1.807) is 0 Å². The van der Waals surface area contributed by atoms with Gasteiger partial charge in [0.1, 0.15) is 6.10 Å². The second-order valence-electron chi connectivity index (χ2n) is 10.1. The van der Waals surface area contributed by atoms with Crippen LogP contribution < -0.4 is 0 Å². The molecule has 6 aliphatic rings. The second-order valence-corrected chi connectivity index (χ2v) is 10.1. The molecule has 5 heteroatoms. The van der Waals surface area contributed by atoms with Gasteiger partial charge in [-0.25, -0.2) is 0 Å². The highest BCUT2D eigenvalue weighted by atomic mass is 16.6. The van der Waals surface area contributed by atoms with Gasteiger partial charge in [0.25, 0.3) is 0 Å². The zero-order valence-electron chi connectivity index (χ0n) is 15.3. The number of fused-ring (bicyclic) bond motifs is 2. The highest BCUT2D eigenvalue weighted by Crippen LogP contribution is 2.76. The molecular formula is C20H30O5. The molecule has 4 aliphatic carbocycles. The smallest absolute Gasteiger partial charge is 0.204 e. The maximum Gasteiger partial charge on any atom is 0.204 e. The number of aliphatic hydroxyl groups is 4. The Balaban J connectivity index is 1.79. The Morgan fingerprint density at radius 3 is 2.52 bits per heavy atom. The summed E-state index contributed by atoms with van der Waals surface area (Å²) < 4.78 is 5.95. The first-order chi connectivity index (χ1) is 11.6. The minimum atomic E-state index is -1.78. The molecule has 2 saturated heterocycles. The Morgan fingerprint density at radius 1 is 1.08 bits per heavy atom. The SMILES string of the molecule is CC1=C[C@]23[C@H](O)[C@H]1CC[C@H]2[C@@]12COC3(O)[C@H](O)[C@@H]1C(C)(C)CC[C@H]2O. The fourth-order valence-electron chi connectivity index (χ4n) is 7.96. The molecule has 6 rings (SSSR count). The largest absolute Gasteiger partial charge is 0.392 e. The van der Waals surface area contributed by atoms with E-state index in [0.29, 0.717) is 6.42 Å². The molecule has 3 saturated carbocycles. The van der Waals surface area contributed by atoms with Crippen LogP contribution in [0.5, 0.6) is 0 Å². The summed E-state index contributed by atoms with van der Waals surface area (Å²) in [6.45, 7) is 6.51. The van der Waals surface area contributed by atoms with Crippen LogP contribution >= 0.6 is 0 Å². The normalized spacial score (nSPS) is 61.5. The zero-order chi connectivity index (χ0) is 18.0. The third kappa shape index (κ3) is 1.49. The van der Waals surface area contributed by atoms with Gasteiger partial charge in [-0.05, 0) is 43.9 Å². The van der Waals surface area contributed by atoms with E-state index in [-0.39, 0.29) is 29.8 Å². The first-order valence-electron chi connectivity index (χ1n) is 9.73. The summed E-state index contributed by atoms with van der Waals surface area (Å²) in [5, 5.41) is 45.3. The highest BCUT2D eigenvalue weighted by Gasteiger charge is 2.83. The van der Waals surface area contributed by atoms with E-state index >= 15 is 0 Å². The molecular weight excluding hydrogens is 320 g/mol. The molecule has 5 nitrogen and oxygen atoms in total. The van der Waals surface area contributed by atoms with E-state index in [1.807, 2.05) is 13.0 Å². The van der Waals surface area contributed by atoms with Crippen molar-refractivity contribution < 1.29 is 25.2 Å². The van der Waals surface area contributed by atoms with Crippen molar-refractivity contribution in [1.29, 1.82) is 0 Å².